The van der Waals surface area contributed by atoms with Crippen molar-refractivity contribution in [1.29, 1.82) is 0 Å². The summed E-state index contributed by atoms with van der Waals surface area (Å²) in [6, 6.07) is 15.0. The molecule has 0 aliphatic carbocycles. The number of anilines is 2. The summed E-state index contributed by atoms with van der Waals surface area (Å²) >= 11 is 0. The van der Waals surface area contributed by atoms with Gasteiger partial charge in [-0.2, -0.15) is 0 Å². The Kier molecular flexibility index (Phi) is 6.99. The fraction of sp³-hybridized carbons (Fsp3) is 0.364. The number of esters is 1. The summed E-state index contributed by atoms with van der Waals surface area (Å²) in [5.41, 5.74) is 3.21. The molecule has 5 nitrogen and oxygen atoms in total. The van der Waals surface area contributed by atoms with Gasteiger partial charge in [0.15, 0.2) is 0 Å². The molecule has 0 saturated carbocycles. The molecule has 2 rings (SSSR count). The molecule has 0 aliphatic heterocycles. The van der Waals surface area contributed by atoms with Gasteiger partial charge < -0.3 is 15.4 Å². The number of ether oxygens (including phenoxy) is 1. The third-order valence-corrected chi connectivity index (χ3v) is 4.12. The van der Waals surface area contributed by atoms with Crippen LogP contribution in [-0.4, -0.2) is 25.0 Å². The van der Waals surface area contributed by atoms with E-state index in [1.807, 2.05) is 30.3 Å². The lowest BCUT2D eigenvalue weighted by Gasteiger charge is -2.19. The number of rotatable bonds is 7. The van der Waals surface area contributed by atoms with Crippen molar-refractivity contribution in [2.45, 2.75) is 39.5 Å². The Hall–Kier alpha value is -2.82. The Labute approximate surface area is 161 Å². The van der Waals surface area contributed by atoms with Crippen LogP contribution >= 0.6 is 0 Å². The summed E-state index contributed by atoms with van der Waals surface area (Å²) in [7, 11) is 0. The van der Waals surface area contributed by atoms with Gasteiger partial charge in [0.2, 0.25) is 5.91 Å². The molecule has 0 fully saturated rings. The summed E-state index contributed by atoms with van der Waals surface area (Å²) in [5, 5.41) is 6.03. The van der Waals surface area contributed by atoms with Crippen LogP contribution in [0, 0.1) is 0 Å². The molecule has 0 radical (unpaired) electrons. The first kappa shape index (κ1) is 20.5. The number of carbonyl (C=O) groups is 2. The zero-order valence-corrected chi connectivity index (χ0v) is 16.5. The fourth-order valence-corrected chi connectivity index (χ4v) is 2.61. The molecule has 2 N–H and O–H groups in total. The van der Waals surface area contributed by atoms with Gasteiger partial charge in [0, 0.05) is 24.3 Å². The molecule has 2 aromatic carbocycles. The standard InChI is InChI=1S/C22H28N2O3/c1-5-27-21(26)18-8-6-7-9-19(18)23-15-14-20(25)24-17-12-10-16(11-13-17)22(2,3)4/h6-13,23H,5,14-15H2,1-4H3,(H,24,25). The third-order valence-electron chi connectivity index (χ3n) is 4.12. The van der Waals surface area contributed by atoms with Gasteiger partial charge in [-0.15, -0.1) is 0 Å². The number of hydrogen-bond acceptors (Lipinski definition) is 4. The van der Waals surface area contributed by atoms with Crippen molar-refractivity contribution in [1.82, 2.24) is 0 Å². The second-order valence-electron chi connectivity index (χ2n) is 7.32. The molecule has 0 bridgehead atoms. The molecule has 27 heavy (non-hydrogen) atoms. The van der Waals surface area contributed by atoms with Crippen LogP contribution in [0.3, 0.4) is 0 Å². The van der Waals surface area contributed by atoms with E-state index < -0.39 is 0 Å². The lowest BCUT2D eigenvalue weighted by atomic mass is 9.87. The highest BCUT2D eigenvalue weighted by atomic mass is 16.5. The summed E-state index contributed by atoms with van der Waals surface area (Å²) in [6.45, 7) is 8.97. The van der Waals surface area contributed by atoms with E-state index in [9.17, 15) is 9.59 Å². The normalized spacial score (nSPS) is 11.0. The highest BCUT2D eigenvalue weighted by Crippen LogP contribution is 2.23. The van der Waals surface area contributed by atoms with E-state index in [2.05, 4.69) is 31.4 Å². The second kappa shape index (κ2) is 9.21. The molecule has 144 valence electrons. The quantitative estimate of drug-likeness (QED) is 0.701. The van der Waals surface area contributed by atoms with Crippen molar-refractivity contribution < 1.29 is 14.3 Å². The Morgan fingerprint density at radius 3 is 2.30 bits per heavy atom. The molecule has 0 aliphatic rings. The van der Waals surface area contributed by atoms with Gasteiger partial charge in [0.05, 0.1) is 12.2 Å². The lowest BCUT2D eigenvalue weighted by molar-refractivity contribution is -0.115. The maximum atomic E-state index is 12.2. The van der Waals surface area contributed by atoms with Gasteiger partial charge in [0.1, 0.15) is 0 Å². The molecule has 1 amide bonds. The monoisotopic (exact) mass is 368 g/mol. The van der Waals surface area contributed by atoms with Crippen LogP contribution in [0.4, 0.5) is 11.4 Å². The maximum Gasteiger partial charge on any atom is 0.340 e. The summed E-state index contributed by atoms with van der Waals surface area (Å²) in [5.74, 6) is -0.455. The molecule has 0 unspecified atom stereocenters. The van der Waals surface area contributed by atoms with Gasteiger partial charge in [0.25, 0.3) is 0 Å². The number of amides is 1. The Balaban J connectivity index is 1.87. The first-order valence-corrected chi connectivity index (χ1v) is 9.21. The molecule has 0 aromatic heterocycles. The average molecular weight is 368 g/mol. The highest BCUT2D eigenvalue weighted by Gasteiger charge is 2.14. The largest absolute Gasteiger partial charge is 0.462 e. The van der Waals surface area contributed by atoms with Crippen molar-refractivity contribution in [3.05, 3.63) is 59.7 Å². The Morgan fingerprint density at radius 1 is 1.00 bits per heavy atom. The lowest BCUT2D eigenvalue weighted by Crippen LogP contribution is -2.18. The van der Waals surface area contributed by atoms with E-state index in [-0.39, 0.29) is 23.7 Å². The van der Waals surface area contributed by atoms with Crippen LogP contribution in [-0.2, 0) is 14.9 Å². The van der Waals surface area contributed by atoms with Gasteiger partial charge in [-0.3, -0.25) is 4.79 Å². The van der Waals surface area contributed by atoms with E-state index in [0.717, 1.165) is 5.69 Å². The van der Waals surface area contributed by atoms with Crippen molar-refractivity contribution in [2.75, 3.05) is 23.8 Å². The van der Waals surface area contributed by atoms with Crippen molar-refractivity contribution in [3.8, 4) is 0 Å². The summed E-state index contributed by atoms with van der Waals surface area (Å²) in [4.78, 5) is 24.1. The number of nitrogens with one attached hydrogen (secondary N) is 2. The zero-order valence-electron chi connectivity index (χ0n) is 16.5. The van der Waals surface area contributed by atoms with Crippen molar-refractivity contribution in [3.63, 3.8) is 0 Å². The predicted octanol–water partition coefficient (Wildman–Crippen LogP) is 4.60. The fourth-order valence-electron chi connectivity index (χ4n) is 2.61. The van der Waals surface area contributed by atoms with Gasteiger partial charge in [-0.25, -0.2) is 4.79 Å². The predicted molar refractivity (Wildman–Crippen MR) is 109 cm³/mol. The summed E-state index contributed by atoms with van der Waals surface area (Å²) < 4.78 is 5.05. The number of hydrogen-bond donors (Lipinski definition) is 2. The molecular formula is C22H28N2O3. The third kappa shape index (κ3) is 6.13. The minimum Gasteiger partial charge on any atom is -0.462 e. The van der Waals surface area contributed by atoms with Crippen LogP contribution < -0.4 is 10.6 Å². The van der Waals surface area contributed by atoms with Crippen LogP contribution in [0.2, 0.25) is 0 Å². The average Bonchev–Trinajstić information content (AvgIpc) is 2.62. The molecule has 0 saturated heterocycles. The molecule has 2 aromatic rings. The number of carbonyl (C=O) groups excluding carboxylic acids is 2. The molecule has 0 spiro atoms. The van der Waals surface area contributed by atoms with Crippen molar-refractivity contribution in [2.24, 2.45) is 0 Å². The van der Waals surface area contributed by atoms with Crippen LogP contribution in [0.25, 0.3) is 0 Å². The van der Waals surface area contributed by atoms with Gasteiger partial charge >= 0.3 is 5.97 Å². The molecule has 0 atom stereocenters. The molecule has 0 heterocycles. The first-order valence-electron chi connectivity index (χ1n) is 9.21. The zero-order chi connectivity index (χ0) is 19.9. The summed E-state index contributed by atoms with van der Waals surface area (Å²) in [6.07, 6.45) is 0.290. The maximum absolute atomic E-state index is 12.2. The minimum atomic E-state index is -0.371. The number of para-hydroxylation sites is 1. The number of benzene rings is 2. The van der Waals surface area contributed by atoms with Gasteiger partial charge in [-0.1, -0.05) is 45.0 Å². The van der Waals surface area contributed by atoms with Crippen LogP contribution in [0.1, 0.15) is 50.0 Å². The molecular weight excluding hydrogens is 340 g/mol. The van der Waals surface area contributed by atoms with Crippen LogP contribution in [0.15, 0.2) is 48.5 Å². The topological polar surface area (TPSA) is 67.4 Å². The smallest absolute Gasteiger partial charge is 0.340 e. The van der Waals surface area contributed by atoms with Gasteiger partial charge in [-0.05, 0) is 42.2 Å². The highest BCUT2D eigenvalue weighted by molar-refractivity contribution is 5.96. The SMILES string of the molecule is CCOC(=O)c1ccccc1NCCC(=O)Nc1ccc(C(C)(C)C)cc1. The van der Waals surface area contributed by atoms with E-state index in [1.54, 1.807) is 25.1 Å². The first-order chi connectivity index (χ1) is 12.8. The minimum absolute atomic E-state index is 0.0821. The second-order valence-corrected chi connectivity index (χ2v) is 7.32. The Bertz CT molecular complexity index is 777. The van der Waals surface area contributed by atoms with Crippen molar-refractivity contribution >= 4 is 23.3 Å². The van der Waals surface area contributed by atoms with E-state index in [4.69, 9.17) is 4.74 Å². The van der Waals surface area contributed by atoms with E-state index >= 15 is 0 Å². The van der Waals surface area contributed by atoms with E-state index in [0.29, 0.717) is 24.4 Å². The Morgan fingerprint density at radius 2 is 1.67 bits per heavy atom. The van der Waals surface area contributed by atoms with E-state index in [1.165, 1.54) is 5.56 Å². The van der Waals surface area contributed by atoms with Crippen LogP contribution in [0.5, 0.6) is 0 Å². The molecule has 5 heteroatoms.